The summed E-state index contributed by atoms with van der Waals surface area (Å²) in [5.74, 6) is 1.32. The number of fused-ring (bicyclic) bond motifs is 1. The molecule has 0 saturated carbocycles. The van der Waals surface area contributed by atoms with Crippen LogP contribution < -0.4 is 14.8 Å². The molecule has 0 radical (unpaired) electrons. The Morgan fingerprint density at radius 2 is 2.31 bits per heavy atom. The van der Waals surface area contributed by atoms with Crippen molar-refractivity contribution in [3.63, 3.8) is 0 Å². The molecule has 0 aliphatic carbocycles. The third-order valence-electron chi connectivity index (χ3n) is 2.63. The van der Waals surface area contributed by atoms with E-state index in [-0.39, 0.29) is 6.79 Å². The van der Waals surface area contributed by atoms with Gasteiger partial charge < -0.3 is 19.9 Å². The first-order valence-corrected chi connectivity index (χ1v) is 5.44. The Morgan fingerprint density at radius 3 is 3.00 bits per heavy atom. The van der Waals surface area contributed by atoms with Crippen LogP contribution in [0.3, 0.4) is 0 Å². The average Bonchev–Trinajstić information content (AvgIpc) is 2.66. The van der Waals surface area contributed by atoms with Crippen LogP contribution in [-0.2, 0) is 0 Å². The van der Waals surface area contributed by atoms with E-state index < -0.39 is 6.10 Å². The third kappa shape index (κ3) is 1.84. The zero-order valence-corrected chi connectivity index (χ0v) is 9.97. The predicted molar refractivity (Wildman–Crippen MR) is 61.2 cm³/mol. The zero-order chi connectivity index (χ0) is 11.7. The van der Waals surface area contributed by atoms with Gasteiger partial charge in [0.1, 0.15) is 0 Å². The maximum absolute atomic E-state index is 9.97. The molecule has 1 unspecified atom stereocenters. The fraction of sp³-hybridized carbons (Fsp3) is 0.455. The summed E-state index contributed by atoms with van der Waals surface area (Å²) in [6.07, 6.45) is -0.646. The highest BCUT2D eigenvalue weighted by atomic mass is 35.5. The van der Waals surface area contributed by atoms with Gasteiger partial charge in [0.2, 0.25) is 6.79 Å². The van der Waals surface area contributed by atoms with Crippen LogP contribution in [0.1, 0.15) is 17.2 Å². The molecule has 0 spiro atoms. The van der Waals surface area contributed by atoms with Gasteiger partial charge in [-0.1, -0.05) is 11.6 Å². The Kier molecular flexibility index (Phi) is 3.23. The quantitative estimate of drug-likeness (QED) is 0.847. The van der Waals surface area contributed by atoms with Crippen LogP contribution >= 0.6 is 11.6 Å². The van der Waals surface area contributed by atoms with E-state index in [0.29, 0.717) is 28.6 Å². The minimum atomic E-state index is -0.646. The van der Waals surface area contributed by atoms with E-state index in [0.717, 1.165) is 5.56 Å². The second-order valence-electron chi connectivity index (χ2n) is 3.70. The van der Waals surface area contributed by atoms with Gasteiger partial charge >= 0.3 is 0 Å². The van der Waals surface area contributed by atoms with E-state index >= 15 is 0 Å². The average molecular weight is 244 g/mol. The second-order valence-corrected chi connectivity index (χ2v) is 4.11. The molecule has 0 bridgehead atoms. The SMILES string of the molecule is CNCC(O)c1c(Cl)cc2c(c1C)OCO2. The van der Waals surface area contributed by atoms with Crippen molar-refractivity contribution in [2.75, 3.05) is 20.4 Å². The Morgan fingerprint density at radius 1 is 1.56 bits per heavy atom. The summed E-state index contributed by atoms with van der Waals surface area (Å²) in [6.45, 7) is 2.52. The van der Waals surface area contributed by atoms with Gasteiger partial charge in [-0.05, 0) is 14.0 Å². The minimum Gasteiger partial charge on any atom is -0.454 e. The summed E-state index contributed by atoms with van der Waals surface area (Å²) >= 11 is 6.12. The highest BCUT2D eigenvalue weighted by Gasteiger charge is 2.24. The van der Waals surface area contributed by atoms with Crippen LogP contribution in [0.25, 0.3) is 0 Å². The van der Waals surface area contributed by atoms with E-state index in [1.807, 2.05) is 6.92 Å². The number of hydrogen-bond acceptors (Lipinski definition) is 4. The van der Waals surface area contributed by atoms with Gasteiger partial charge in [0.05, 0.1) is 11.1 Å². The number of ether oxygens (including phenoxy) is 2. The van der Waals surface area contributed by atoms with Crippen molar-refractivity contribution in [3.8, 4) is 11.5 Å². The van der Waals surface area contributed by atoms with Gasteiger partial charge in [-0.3, -0.25) is 0 Å². The molecule has 4 nitrogen and oxygen atoms in total. The molecule has 16 heavy (non-hydrogen) atoms. The maximum Gasteiger partial charge on any atom is 0.231 e. The number of nitrogens with one attached hydrogen (secondary N) is 1. The monoisotopic (exact) mass is 243 g/mol. The van der Waals surface area contributed by atoms with Gasteiger partial charge in [0.25, 0.3) is 0 Å². The first kappa shape index (κ1) is 11.5. The molecule has 88 valence electrons. The lowest BCUT2D eigenvalue weighted by molar-refractivity contribution is 0.170. The number of hydrogen-bond donors (Lipinski definition) is 2. The standard InChI is InChI=1S/C11H14ClNO3/c1-6-10(8(14)4-13-2)7(12)3-9-11(6)16-5-15-9/h3,8,13-14H,4-5H2,1-2H3. The Balaban J connectivity index is 2.45. The normalized spacial score (nSPS) is 15.2. The van der Waals surface area contributed by atoms with Gasteiger partial charge in [-0.2, -0.15) is 0 Å². The molecule has 1 heterocycles. The van der Waals surface area contributed by atoms with E-state index in [9.17, 15) is 5.11 Å². The summed E-state index contributed by atoms with van der Waals surface area (Å²) in [4.78, 5) is 0. The molecule has 1 aliphatic heterocycles. The van der Waals surface area contributed by atoms with Crippen LogP contribution in [0.2, 0.25) is 5.02 Å². The van der Waals surface area contributed by atoms with Gasteiger partial charge in [0, 0.05) is 23.7 Å². The summed E-state index contributed by atoms with van der Waals surface area (Å²) in [7, 11) is 1.78. The van der Waals surface area contributed by atoms with Crippen LogP contribution in [0.15, 0.2) is 6.07 Å². The third-order valence-corrected chi connectivity index (χ3v) is 2.94. The molecule has 0 fully saturated rings. The van der Waals surface area contributed by atoms with Gasteiger partial charge in [0.15, 0.2) is 11.5 Å². The summed E-state index contributed by atoms with van der Waals surface area (Å²) < 4.78 is 10.6. The maximum atomic E-state index is 9.97. The lowest BCUT2D eigenvalue weighted by atomic mass is 10.0. The van der Waals surface area contributed by atoms with Crippen molar-refractivity contribution in [1.29, 1.82) is 0 Å². The number of aliphatic hydroxyl groups is 1. The molecule has 1 aromatic rings. The Bertz CT molecular complexity index is 409. The molecule has 0 amide bonds. The molecule has 2 rings (SSSR count). The van der Waals surface area contributed by atoms with Crippen molar-refractivity contribution in [2.24, 2.45) is 0 Å². The molecule has 0 saturated heterocycles. The second kappa shape index (κ2) is 4.49. The largest absolute Gasteiger partial charge is 0.454 e. The van der Waals surface area contributed by atoms with Crippen molar-refractivity contribution in [3.05, 3.63) is 22.2 Å². The fourth-order valence-corrected chi connectivity index (χ4v) is 2.25. The molecule has 0 aromatic heterocycles. The molecule has 1 aromatic carbocycles. The van der Waals surface area contributed by atoms with Crippen molar-refractivity contribution >= 4 is 11.6 Å². The minimum absolute atomic E-state index is 0.206. The van der Waals surface area contributed by atoms with Crippen molar-refractivity contribution in [1.82, 2.24) is 5.32 Å². The Hall–Kier alpha value is -0.970. The topological polar surface area (TPSA) is 50.7 Å². The summed E-state index contributed by atoms with van der Waals surface area (Å²) in [5.41, 5.74) is 1.53. The highest BCUT2D eigenvalue weighted by molar-refractivity contribution is 6.31. The number of rotatable bonds is 3. The lowest BCUT2D eigenvalue weighted by Gasteiger charge is -2.16. The first-order chi connectivity index (χ1) is 7.65. The number of likely N-dealkylation sites (N-methyl/N-ethyl adjacent to an activating group) is 1. The number of aliphatic hydroxyl groups excluding tert-OH is 1. The van der Waals surface area contributed by atoms with E-state index in [2.05, 4.69) is 5.32 Å². The molecule has 1 aliphatic rings. The van der Waals surface area contributed by atoms with Crippen LogP contribution in [0.5, 0.6) is 11.5 Å². The van der Waals surface area contributed by atoms with Crippen LogP contribution in [-0.4, -0.2) is 25.5 Å². The van der Waals surface area contributed by atoms with Crippen LogP contribution in [0.4, 0.5) is 0 Å². The Labute approximate surface area is 99.1 Å². The van der Waals surface area contributed by atoms with E-state index in [4.69, 9.17) is 21.1 Å². The number of halogens is 1. The van der Waals surface area contributed by atoms with Crippen molar-refractivity contribution < 1.29 is 14.6 Å². The van der Waals surface area contributed by atoms with E-state index in [1.54, 1.807) is 13.1 Å². The van der Waals surface area contributed by atoms with E-state index in [1.165, 1.54) is 0 Å². The van der Waals surface area contributed by atoms with Gasteiger partial charge in [-0.15, -0.1) is 0 Å². The summed E-state index contributed by atoms with van der Waals surface area (Å²) in [6, 6.07) is 1.69. The smallest absolute Gasteiger partial charge is 0.231 e. The summed E-state index contributed by atoms with van der Waals surface area (Å²) in [5, 5.41) is 13.4. The lowest BCUT2D eigenvalue weighted by Crippen LogP contribution is -2.18. The van der Waals surface area contributed by atoms with Gasteiger partial charge in [-0.25, -0.2) is 0 Å². The molecule has 5 heteroatoms. The highest BCUT2D eigenvalue weighted by Crippen LogP contribution is 2.42. The molecule has 2 N–H and O–H groups in total. The first-order valence-electron chi connectivity index (χ1n) is 5.06. The number of benzene rings is 1. The van der Waals surface area contributed by atoms with Crippen LogP contribution in [0, 0.1) is 6.92 Å². The molecule has 1 atom stereocenters. The predicted octanol–water partition coefficient (Wildman–Crippen LogP) is 1.63. The molecular weight excluding hydrogens is 230 g/mol. The zero-order valence-electron chi connectivity index (χ0n) is 9.21. The molecular formula is C11H14ClNO3. The van der Waals surface area contributed by atoms with Crippen molar-refractivity contribution in [2.45, 2.75) is 13.0 Å². The fourth-order valence-electron chi connectivity index (χ4n) is 1.89.